The van der Waals surface area contributed by atoms with Crippen LogP contribution in [0.4, 0.5) is 13.2 Å². The highest BCUT2D eigenvalue weighted by Crippen LogP contribution is 2.47. The van der Waals surface area contributed by atoms with E-state index in [2.05, 4.69) is 15.5 Å². The molecule has 1 saturated carbocycles. The van der Waals surface area contributed by atoms with Crippen molar-refractivity contribution >= 4 is 17.5 Å². The van der Waals surface area contributed by atoms with Gasteiger partial charge in [-0.15, -0.1) is 0 Å². The molecule has 0 radical (unpaired) electrons. The van der Waals surface area contributed by atoms with Crippen molar-refractivity contribution in [3.63, 3.8) is 0 Å². The van der Waals surface area contributed by atoms with Crippen molar-refractivity contribution in [1.82, 2.24) is 24.9 Å². The van der Waals surface area contributed by atoms with E-state index < -0.39 is 28.8 Å². The standard InChI is InChI=1S/C17H21ClF3N5O/c1-8(12-7-25(4)23-9(12)2)22-16(27)10(3)26-14(11-5-6-11)13(18)15(24-26)17(19,20)21/h7-8,10-11H,5-6H2,1-4H3,(H,22,27). The second kappa shape index (κ2) is 6.85. The van der Waals surface area contributed by atoms with Gasteiger partial charge in [-0.2, -0.15) is 23.4 Å². The van der Waals surface area contributed by atoms with E-state index in [1.54, 1.807) is 24.9 Å². The first-order valence-electron chi connectivity index (χ1n) is 8.66. The molecule has 0 bridgehead atoms. The van der Waals surface area contributed by atoms with Crippen molar-refractivity contribution < 1.29 is 18.0 Å². The zero-order valence-electron chi connectivity index (χ0n) is 15.4. The van der Waals surface area contributed by atoms with Crippen LogP contribution in [0.3, 0.4) is 0 Å². The third-order valence-corrected chi connectivity index (χ3v) is 5.12. The summed E-state index contributed by atoms with van der Waals surface area (Å²) in [6.45, 7) is 5.15. The molecule has 1 amide bonds. The van der Waals surface area contributed by atoms with Gasteiger partial charge >= 0.3 is 6.18 Å². The van der Waals surface area contributed by atoms with Crippen LogP contribution in [0.5, 0.6) is 0 Å². The monoisotopic (exact) mass is 403 g/mol. The Balaban J connectivity index is 1.85. The second-order valence-electron chi connectivity index (χ2n) is 7.01. The van der Waals surface area contributed by atoms with Gasteiger partial charge in [-0.3, -0.25) is 14.2 Å². The van der Waals surface area contributed by atoms with Crippen LogP contribution in [0, 0.1) is 6.92 Å². The van der Waals surface area contributed by atoms with Crippen molar-refractivity contribution in [2.24, 2.45) is 7.05 Å². The molecule has 2 aromatic rings. The van der Waals surface area contributed by atoms with Gasteiger partial charge in [-0.05, 0) is 33.6 Å². The fraction of sp³-hybridized carbons (Fsp3) is 0.588. The summed E-state index contributed by atoms with van der Waals surface area (Å²) in [6, 6.07) is -1.26. The van der Waals surface area contributed by atoms with Crippen LogP contribution in [0.25, 0.3) is 0 Å². The minimum absolute atomic E-state index is 0.0886. The number of carbonyl (C=O) groups excluding carboxylic acids is 1. The summed E-state index contributed by atoms with van der Waals surface area (Å²) in [5.41, 5.74) is 0.770. The molecule has 3 rings (SSSR count). The summed E-state index contributed by atoms with van der Waals surface area (Å²) in [5.74, 6) is -0.519. The van der Waals surface area contributed by atoms with Crippen molar-refractivity contribution in [2.75, 3.05) is 0 Å². The number of nitrogens with one attached hydrogen (secondary N) is 1. The Hall–Kier alpha value is -2.03. The quantitative estimate of drug-likeness (QED) is 0.823. The fourth-order valence-electron chi connectivity index (χ4n) is 3.19. The van der Waals surface area contributed by atoms with Crippen LogP contribution in [0.1, 0.15) is 67.3 Å². The van der Waals surface area contributed by atoms with Gasteiger partial charge in [0.15, 0.2) is 5.69 Å². The van der Waals surface area contributed by atoms with Gasteiger partial charge in [0.2, 0.25) is 5.91 Å². The van der Waals surface area contributed by atoms with Crippen molar-refractivity contribution in [2.45, 2.75) is 57.8 Å². The molecule has 2 unspecified atom stereocenters. The minimum atomic E-state index is -4.66. The van der Waals surface area contributed by atoms with Crippen LogP contribution >= 0.6 is 11.6 Å². The number of amides is 1. The van der Waals surface area contributed by atoms with Gasteiger partial charge in [-0.25, -0.2) is 0 Å². The molecule has 2 aromatic heterocycles. The molecule has 0 spiro atoms. The van der Waals surface area contributed by atoms with E-state index >= 15 is 0 Å². The number of halogens is 4. The first kappa shape index (κ1) is 19.7. The number of nitrogens with zero attached hydrogens (tertiary/aromatic N) is 4. The van der Waals surface area contributed by atoms with Crippen LogP contribution < -0.4 is 5.32 Å². The molecule has 1 fully saturated rings. The van der Waals surface area contributed by atoms with E-state index in [0.717, 1.165) is 28.8 Å². The maximum absolute atomic E-state index is 13.2. The lowest BCUT2D eigenvalue weighted by atomic mass is 10.1. The molecule has 1 N–H and O–H groups in total. The molecule has 10 heteroatoms. The Morgan fingerprint density at radius 1 is 1.33 bits per heavy atom. The van der Waals surface area contributed by atoms with Crippen LogP contribution in [-0.2, 0) is 18.0 Å². The summed E-state index contributed by atoms with van der Waals surface area (Å²) in [7, 11) is 1.78. The van der Waals surface area contributed by atoms with Gasteiger partial charge in [-0.1, -0.05) is 11.6 Å². The first-order valence-corrected chi connectivity index (χ1v) is 9.04. The zero-order valence-corrected chi connectivity index (χ0v) is 16.2. The Labute approximate surface area is 159 Å². The maximum Gasteiger partial charge on any atom is 0.436 e. The lowest BCUT2D eigenvalue weighted by Gasteiger charge is -2.19. The number of carbonyl (C=O) groups is 1. The molecule has 2 atom stereocenters. The average Bonchev–Trinajstić information content (AvgIpc) is 3.24. The third kappa shape index (κ3) is 3.83. The van der Waals surface area contributed by atoms with E-state index in [-0.39, 0.29) is 17.7 Å². The maximum atomic E-state index is 13.2. The molecule has 2 heterocycles. The van der Waals surface area contributed by atoms with Crippen molar-refractivity contribution in [3.8, 4) is 0 Å². The highest BCUT2D eigenvalue weighted by atomic mass is 35.5. The number of rotatable bonds is 5. The van der Waals surface area contributed by atoms with Crippen molar-refractivity contribution in [1.29, 1.82) is 0 Å². The van der Waals surface area contributed by atoms with E-state index in [1.807, 2.05) is 6.92 Å². The molecule has 27 heavy (non-hydrogen) atoms. The van der Waals surface area contributed by atoms with Gasteiger partial charge in [0, 0.05) is 24.7 Å². The second-order valence-corrected chi connectivity index (χ2v) is 7.39. The van der Waals surface area contributed by atoms with Crippen molar-refractivity contribution in [3.05, 3.63) is 33.9 Å². The molecule has 6 nitrogen and oxygen atoms in total. The predicted molar refractivity (Wildman–Crippen MR) is 93.4 cm³/mol. The normalized spacial score (nSPS) is 17.0. The number of alkyl halides is 3. The molecular formula is C17H21ClF3N5O. The van der Waals surface area contributed by atoms with Gasteiger partial charge in [0.1, 0.15) is 6.04 Å². The van der Waals surface area contributed by atoms with E-state index in [0.29, 0.717) is 0 Å². The summed E-state index contributed by atoms with van der Waals surface area (Å²) in [4.78, 5) is 12.7. The lowest BCUT2D eigenvalue weighted by Crippen LogP contribution is -2.34. The zero-order chi connectivity index (χ0) is 20.1. The Kier molecular flexibility index (Phi) is 5.00. The van der Waals surface area contributed by atoms with E-state index in [1.165, 1.54) is 6.92 Å². The van der Waals surface area contributed by atoms with Gasteiger partial charge in [0.25, 0.3) is 0 Å². The van der Waals surface area contributed by atoms with Gasteiger partial charge in [0.05, 0.1) is 22.5 Å². The molecule has 148 valence electrons. The van der Waals surface area contributed by atoms with E-state index in [9.17, 15) is 18.0 Å². The Bertz CT molecular complexity index is 869. The highest BCUT2D eigenvalue weighted by Gasteiger charge is 2.43. The lowest BCUT2D eigenvalue weighted by molar-refractivity contribution is -0.141. The average molecular weight is 404 g/mol. The topological polar surface area (TPSA) is 64.7 Å². The summed E-state index contributed by atoms with van der Waals surface area (Å²) in [5, 5.41) is 10.3. The van der Waals surface area contributed by atoms with Gasteiger partial charge < -0.3 is 5.32 Å². The minimum Gasteiger partial charge on any atom is -0.348 e. The molecule has 0 aromatic carbocycles. The fourth-order valence-corrected chi connectivity index (χ4v) is 3.58. The van der Waals surface area contributed by atoms with Crippen LogP contribution in [0.2, 0.25) is 5.02 Å². The molecule has 0 aliphatic heterocycles. The number of hydrogen-bond acceptors (Lipinski definition) is 3. The summed E-state index contributed by atoms with van der Waals surface area (Å²) >= 11 is 5.98. The molecule has 1 aliphatic carbocycles. The molecular weight excluding hydrogens is 383 g/mol. The number of aromatic nitrogens is 4. The third-order valence-electron chi connectivity index (χ3n) is 4.74. The summed E-state index contributed by atoms with van der Waals surface area (Å²) < 4.78 is 42.4. The molecule has 1 aliphatic rings. The Morgan fingerprint density at radius 3 is 2.44 bits per heavy atom. The Morgan fingerprint density at radius 2 is 1.96 bits per heavy atom. The first-order chi connectivity index (χ1) is 12.5. The predicted octanol–water partition coefficient (Wildman–Crippen LogP) is 3.91. The number of hydrogen-bond donors (Lipinski definition) is 1. The van der Waals surface area contributed by atoms with E-state index in [4.69, 9.17) is 11.6 Å². The highest BCUT2D eigenvalue weighted by molar-refractivity contribution is 6.32. The van der Waals surface area contributed by atoms with Crippen LogP contribution in [-0.4, -0.2) is 25.5 Å². The largest absolute Gasteiger partial charge is 0.436 e. The smallest absolute Gasteiger partial charge is 0.348 e. The summed E-state index contributed by atoms with van der Waals surface area (Å²) in [6.07, 6.45) is -1.39. The SMILES string of the molecule is Cc1nn(C)cc1C(C)NC(=O)C(C)n1nc(C(F)(F)F)c(Cl)c1C1CC1. The molecule has 0 saturated heterocycles. The van der Waals surface area contributed by atoms with Crippen LogP contribution in [0.15, 0.2) is 6.20 Å². The number of aryl methyl sites for hydroxylation is 2.